The van der Waals surface area contributed by atoms with E-state index in [1.54, 1.807) is 0 Å². The highest BCUT2D eigenvalue weighted by Crippen LogP contribution is 2.32. The number of anilines is 2. The molecule has 2 aromatic carbocycles. The van der Waals surface area contributed by atoms with Crippen LogP contribution in [0.3, 0.4) is 0 Å². The molecule has 0 spiro atoms. The normalized spacial score (nSPS) is 20.4. The van der Waals surface area contributed by atoms with Crippen LogP contribution in [-0.2, 0) is 14.4 Å². The Balaban J connectivity index is 1.51. The number of benzene rings is 2. The molecule has 2 atom stereocenters. The van der Waals surface area contributed by atoms with Gasteiger partial charge in [-0.1, -0.05) is 17.4 Å². The predicted octanol–water partition coefficient (Wildman–Crippen LogP) is 2.04. The lowest BCUT2D eigenvalue weighted by molar-refractivity contribution is -0.123. The number of hydrogen-bond donors (Lipinski definition) is 1. The monoisotopic (exact) mass is 403 g/mol. The quantitative estimate of drug-likeness (QED) is 0.791. The van der Waals surface area contributed by atoms with E-state index in [1.807, 2.05) is 0 Å². The Morgan fingerprint density at radius 2 is 1.76 bits per heavy atom. The van der Waals surface area contributed by atoms with Crippen LogP contribution < -0.4 is 10.2 Å². The number of imide groups is 1. The van der Waals surface area contributed by atoms with E-state index in [0.29, 0.717) is 4.90 Å². The van der Waals surface area contributed by atoms with Crippen molar-refractivity contribution in [2.75, 3.05) is 16.8 Å². The Morgan fingerprint density at radius 3 is 2.48 bits per heavy atom. The third-order valence-electron chi connectivity index (χ3n) is 4.47. The van der Waals surface area contributed by atoms with E-state index in [0.717, 1.165) is 23.2 Å². The van der Waals surface area contributed by atoms with Crippen LogP contribution in [0.2, 0.25) is 0 Å². The van der Waals surface area contributed by atoms with Gasteiger partial charge in [0.1, 0.15) is 12.4 Å². The zero-order valence-corrected chi connectivity index (χ0v) is 14.6. The number of fused-ring (bicyclic) bond motifs is 1. The third kappa shape index (κ3) is 3.20. The molecule has 148 valence electrons. The maximum absolute atomic E-state index is 13.7. The van der Waals surface area contributed by atoms with Crippen molar-refractivity contribution in [3.05, 3.63) is 59.9 Å². The molecule has 11 heteroatoms. The van der Waals surface area contributed by atoms with Crippen LogP contribution in [0.15, 0.2) is 52.8 Å². The summed E-state index contributed by atoms with van der Waals surface area (Å²) < 4.78 is 40.3. The van der Waals surface area contributed by atoms with Crippen LogP contribution in [0.1, 0.15) is 0 Å². The van der Waals surface area contributed by atoms with Crippen LogP contribution in [0, 0.1) is 17.5 Å². The second kappa shape index (κ2) is 7.00. The number of para-hydroxylation sites is 1. The number of carbonyl (C=O) groups is 3. The lowest BCUT2D eigenvalue weighted by Gasteiger charge is -2.20. The number of carbonyl (C=O) groups excluding carboxylic acids is 3. The summed E-state index contributed by atoms with van der Waals surface area (Å²) in [6.07, 6.45) is 0. The van der Waals surface area contributed by atoms with Crippen molar-refractivity contribution in [3.8, 4) is 0 Å². The first kappa shape index (κ1) is 18.6. The number of nitrogens with one attached hydrogen (secondary N) is 1. The van der Waals surface area contributed by atoms with Crippen molar-refractivity contribution in [1.82, 2.24) is 5.01 Å². The van der Waals surface area contributed by atoms with Crippen molar-refractivity contribution in [2.45, 2.75) is 12.1 Å². The first-order valence-corrected chi connectivity index (χ1v) is 8.41. The number of rotatable bonds is 4. The molecule has 2 heterocycles. The topological polar surface area (TPSA) is 94.4 Å². The van der Waals surface area contributed by atoms with Crippen LogP contribution in [0.4, 0.5) is 24.5 Å². The number of amides is 3. The lowest BCUT2D eigenvalue weighted by Crippen LogP contribution is -2.43. The van der Waals surface area contributed by atoms with Gasteiger partial charge in [0.15, 0.2) is 23.7 Å². The summed E-state index contributed by atoms with van der Waals surface area (Å²) >= 11 is 0. The summed E-state index contributed by atoms with van der Waals surface area (Å²) in [7, 11) is 0. The molecular weight excluding hydrogens is 391 g/mol. The van der Waals surface area contributed by atoms with Gasteiger partial charge in [-0.2, -0.15) is 5.11 Å². The first-order valence-electron chi connectivity index (χ1n) is 8.41. The Morgan fingerprint density at radius 1 is 1.00 bits per heavy atom. The van der Waals surface area contributed by atoms with E-state index in [4.69, 9.17) is 0 Å². The minimum atomic E-state index is -1.22. The number of hydrogen-bond acceptors (Lipinski definition) is 6. The molecule has 29 heavy (non-hydrogen) atoms. The molecule has 3 amide bonds. The molecule has 0 aromatic heterocycles. The fraction of sp³-hybridized carbons (Fsp3) is 0.167. The summed E-state index contributed by atoms with van der Waals surface area (Å²) in [6, 6.07) is 5.69. The van der Waals surface area contributed by atoms with Crippen LogP contribution >= 0.6 is 0 Å². The molecule has 1 fully saturated rings. The smallest absolute Gasteiger partial charge is 0.263 e. The van der Waals surface area contributed by atoms with Gasteiger partial charge in [0, 0.05) is 6.07 Å². The standard InChI is InChI=1S/C18H12F3N5O3/c19-10-6-5-9(7-12(10)21)26-17(28)15-16(18(26)29)25(24-23-15)8-14(27)22-13-4-2-1-3-11(13)20/h1-7,15-16H,8H2,(H,22,27)/t15-,16+/m1/s1. The maximum Gasteiger partial charge on any atom is 0.263 e. The average molecular weight is 403 g/mol. The van der Waals surface area contributed by atoms with E-state index in [1.165, 1.54) is 24.3 Å². The molecular formula is C18H12F3N5O3. The highest BCUT2D eigenvalue weighted by atomic mass is 19.2. The molecule has 1 saturated heterocycles. The third-order valence-corrected chi connectivity index (χ3v) is 4.47. The molecule has 0 radical (unpaired) electrons. The Bertz CT molecular complexity index is 1060. The van der Waals surface area contributed by atoms with Gasteiger partial charge < -0.3 is 5.32 Å². The van der Waals surface area contributed by atoms with Gasteiger partial charge in [0.2, 0.25) is 5.91 Å². The highest BCUT2D eigenvalue weighted by molar-refractivity contribution is 6.25. The van der Waals surface area contributed by atoms with Crippen molar-refractivity contribution < 1.29 is 27.6 Å². The van der Waals surface area contributed by atoms with Crippen LogP contribution in [0.25, 0.3) is 0 Å². The van der Waals surface area contributed by atoms with Gasteiger partial charge in [-0.25, -0.2) is 18.1 Å². The molecule has 0 unspecified atom stereocenters. The maximum atomic E-state index is 13.7. The highest BCUT2D eigenvalue weighted by Gasteiger charge is 2.55. The molecule has 0 saturated carbocycles. The van der Waals surface area contributed by atoms with Gasteiger partial charge in [-0.15, -0.1) is 0 Å². The van der Waals surface area contributed by atoms with Gasteiger partial charge in [-0.05, 0) is 24.3 Å². The van der Waals surface area contributed by atoms with Crippen molar-refractivity contribution >= 4 is 29.1 Å². The molecule has 8 nitrogen and oxygen atoms in total. The largest absolute Gasteiger partial charge is 0.322 e. The van der Waals surface area contributed by atoms with E-state index < -0.39 is 53.8 Å². The van der Waals surface area contributed by atoms with Crippen molar-refractivity contribution in [2.24, 2.45) is 10.3 Å². The van der Waals surface area contributed by atoms with E-state index >= 15 is 0 Å². The fourth-order valence-corrected chi connectivity index (χ4v) is 3.13. The van der Waals surface area contributed by atoms with Crippen molar-refractivity contribution in [3.63, 3.8) is 0 Å². The van der Waals surface area contributed by atoms with Crippen LogP contribution in [-0.4, -0.2) is 41.4 Å². The second-order valence-corrected chi connectivity index (χ2v) is 6.33. The van der Waals surface area contributed by atoms with Gasteiger partial charge in [-0.3, -0.25) is 19.4 Å². The van der Waals surface area contributed by atoms with Gasteiger partial charge >= 0.3 is 0 Å². The first-order chi connectivity index (χ1) is 13.9. The Labute approximate surface area is 161 Å². The summed E-state index contributed by atoms with van der Waals surface area (Å²) in [5.41, 5.74) is -0.207. The van der Waals surface area contributed by atoms with Crippen molar-refractivity contribution in [1.29, 1.82) is 0 Å². The van der Waals surface area contributed by atoms with Gasteiger partial charge in [0.05, 0.1) is 11.4 Å². The van der Waals surface area contributed by atoms with Crippen LogP contribution in [0.5, 0.6) is 0 Å². The SMILES string of the molecule is O=C(CN1N=N[C@H]2C(=O)N(c3ccc(F)c(F)c3)C(=O)[C@H]21)Nc1ccccc1F. The summed E-state index contributed by atoms with van der Waals surface area (Å²) in [5, 5.41) is 10.7. The molecule has 2 aromatic rings. The summed E-state index contributed by atoms with van der Waals surface area (Å²) in [4.78, 5) is 38.1. The summed E-state index contributed by atoms with van der Waals surface area (Å²) in [5.74, 6) is -5.22. The Kier molecular flexibility index (Phi) is 4.49. The molecule has 2 aliphatic heterocycles. The van der Waals surface area contributed by atoms with E-state index in [2.05, 4.69) is 15.7 Å². The predicted molar refractivity (Wildman–Crippen MR) is 93.0 cm³/mol. The zero-order valence-electron chi connectivity index (χ0n) is 14.6. The van der Waals surface area contributed by atoms with E-state index in [9.17, 15) is 27.6 Å². The molecule has 4 rings (SSSR count). The summed E-state index contributed by atoms with van der Waals surface area (Å²) in [6.45, 7) is -0.469. The molecule has 0 aliphatic carbocycles. The Hall–Kier alpha value is -3.76. The number of halogens is 3. The second-order valence-electron chi connectivity index (χ2n) is 6.33. The van der Waals surface area contributed by atoms with E-state index in [-0.39, 0.29) is 11.4 Å². The van der Waals surface area contributed by atoms with Gasteiger partial charge in [0.25, 0.3) is 11.8 Å². The molecule has 0 bridgehead atoms. The molecule has 1 N–H and O–H groups in total. The lowest BCUT2D eigenvalue weighted by atomic mass is 10.1. The zero-order chi connectivity index (χ0) is 20.7. The minimum Gasteiger partial charge on any atom is -0.322 e. The number of nitrogens with zero attached hydrogens (tertiary/aromatic N) is 4. The average Bonchev–Trinajstić information content (AvgIpc) is 3.20. The fourth-order valence-electron chi connectivity index (χ4n) is 3.13. The minimum absolute atomic E-state index is 0.0533. The molecule has 2 aliphatic rings.